The molecule has 0 aliphatic heterocycles. The van der Waals surface area contributed by atoms with Gasteiger partial charge < -0.3 is 16.4 Å². The molecular formula is C13H18N4O4. The lowest BCUT2D eigenvalue weighted by Gasteiger charge is -2.10. The minimum absolute atomic E-state index is 0.0698. The smallest absolute Gasteiger partial charge is 0.293 e. The summed E-state index contributed by atoms with van der Waals surface area (Å²) in [7, 11) is 0. The molecule has 0 saturated heterocycles. The van der Waals surface area contributed by atoms with Gasteiger partial charge in [-0.3, -0.25) is 19.7 Å². The maximum atomic E-state index is 11.4. The second-order valence-electron chi connectivity index (χ2n) is 4.73. The molecular weight excluding hydrogens is 276 g/mol. The third-order valence-corrected chi connectivity index (χ3v) is 2.74. The van der Waals surface area contributed by atoms with Crippen molar-refractivity contribution in [2.24, 2.45) is 11.7 Å². The highest BCUT2D eigenvalue weighted by molar-refractivity contribution is 5.94. The number of rotatable bonds is 7. The highest BCUT2D eigenvalue weighted by atomic mass is 16.6. The summed E-state index contributed by atoms with van der Waals surface area (Å²) in [6, 6.07) is 3.95. The van der Waals surface area contributed by atoms with Crippen molar-refractivity contribution in [1.29, 1.82) is 0 Å². The first-order chi connectivity index (χ1) is 9.82. The number of nitrogens with two attached hydrogens (primary N) is 1. The molecule has 0 spiro atoms. The van der Waals surface area contributed by atoms with Crippen molar-refractivity contribution in [2.75, 3.05) is 18.4 Å². The van der Waals surface area contributed by atoms with Gasteiger partial charge in [0.05, 0.1) is 4.92 Å². The molecule has 2 amide bonds. The molecule has 0 aliphatic carbocycles. The Morgan fingerprint density at radius 2 is 2.00 bits per heavy atom. The average molecular weight is 294 g/mol. The van der Waals surface area contributed by atoms with Gasteiger partial charge in [-0.05, 0) is 12.1 Å². The van der Waals surface area contributed by atoms with E-state index in [1.54, 1.807) is 13.8 Å². The van der Waals surface area contributed by atoms with E-state index in [0.29, 0.717) is 13.1 Å². The number of carbonyl (C=O) groups is 2. The lowest BCUT2D eigenvalue weighted by molar-refractivity contribution is -0.384. The van der Waals surface area contributed by atoms with Crippen molar-refractivity contribution in [3.05, 3.63) is 33.9 Å². The molecule has 0 bridgehead atoms. The van der Waals surface area contributed by atoms with Gasteiger partial charge in [0.2, 0.25) is 11.8 Å². The molecule has 0 aliphatic rings. The average Bonchev–Trinajstić information content (AvgIpc) is 2.42. The Morgan fingerprint density at radius 1 is 1.33 bits per heavy atom. The molecule has 0 heterocycles. The van der Waals surface area contributed by atoms with Crippen molar-refractivity contribution < 1.29 is 14.5 Å². The number of benzene rings is 1. The zero-order valence-electron chi connectivity index (χ0n) is 11.9. The summed E-state index contributed by atoms with van der Waals surface area (Å²) in [5, 5.41) is 16.5. The minimum atomic E-state index is -0.728. The van der Waals surface area contributed by atoms with Crippen LogP contribution < -0.4 is 16.4 Å². The van der Waals surface area contributed by atoms with Crippen molar-refractivity contribution >= 4 is 23.2 Å². The van der Waals surface area contributed by atoms with Crippen molar-refractivity contribution in [3.8, 4) is 0 Å². The second kappa shape index (κ2) is 7.22. The van der Waals surface area contributed by atoms with E-state index >= 15 is 0 Å². The van der Waals surface area contributed by atoms with Crippen LogP contribution in [0.15, 0.2) is 18.2 Å². The van der Waals surface area contributed by atoms with Crippen molar-refractivity contribution in [2.45, 2.75) is 13.8 Å². The summed E-state index contributed by atoms with van der Waals surface area (Å²) in [5.41, 5.74) is 5.19. The van der Waals surface area contributed by atoms with Gasteiger partial charge >= 0.3 is 0 Å². The van der Waals surface area contributed by atoms with Crippen LogP contribution in [0.3, 0.4) is 0 Å². The SMILES string of the molecule is CC(C)C(=O)NCCNc1ccc(C(N)=O)cc1[N+](=O)[O-]. The molecule has 0 unspecified atom stereocenters. The molecule has 0 aromatic heterocycles. The minimum Gasteiger partial charge on any atom is -0.378 e. The summed E-state index contributed by atoms with van der Waals surface area (Å²) in [4.78, 5) is 32.7. The number of nitro benzene ring substituents is 1. The second-order valence-corrected chi connectivity index (χ2v) is 4.73. The van der Waals surface area contributed by atoms with E-state index in [0.717, 1.165) is 6.07 Å². The Hall–Kier alpha value is -2.64. The molecule has 0 fully saturated rings. The molecule has 8 heteroatoms. The van der Waals surface area contributed by atoms with Crippen LogP contribution in [0.2, 0.25) is 0 Å². The maximum Gasteiger partial charge on any atom is 0.293 e. The van der Waals surface area contributed by atoms with Gasteiger partial charge in [-0.15, -0.1) is 0 Å². The van der Waals surface area contributed by atoms with E-state index in [9.17, 15) is 19.7 Å². The Labute approximate surface area is 121 Å². The van der Waals surface area contributed by atoms with Gasteiger partial charge in [-0.25, -0.2) is 0 Å². The number of nitrogens with zero attached hydrogens (tertiary/aromatic N) is 1. The molecule has 1 aromatic carbocycles. The Bertz CT molecular complexity index is 557. The van der Waals surface area contributed by atoms with E-state index in [1.807, 2.05) is 0 Å². The van der Waals surface area contributed by atoms with Crippen LogP contribution in [0.4, 0.5) is 11.4 Å². The van der Waals surface area contributed by atoms with Crippen molar-refractivity contribution in [3.63, 3.8) is 0 Å². The van der Waals surface area contributed by atoms with Crippen LogP contribution in [0.5, 0.6) is 0 Å². The first-order valence-corrected chi connectivity index (χ1v) is 6.42. The van der Waals surface area contributed by atoms with Crippen LogP contribution >= 0.6 is 0 Å². The quantitative estimate of drug-likeness (QED) is 0.390. The first kappa shape index (κ1) is 16.4. The van der Waals surface area contributed by atoms with Crippen LogP contribution in [0.1, 0.15) is 24.2 Å². The molecule has 1 rings (SSSR count). The largest absolute Gasteiger partial charge is 0.378 e. The fourth-order valence-corrected chi connectivity index (χ4v) is 1.57. The van der Waals surface area contributed by atoms with E-state index in [-0.39, 0.29) is 28.8 Å². The monoisotopic (exact) mass is 294 g/mol. The van der Waals surface area contributed by atoms with Crippen LogP contribution in [-0.2, 0) is 4.79 Å². The number of primary amides is 1. The fraction of sp³-hybridized carbons (Fsp3) is 0.385. The van der Waals surface area contributed by atoms with Gasteiger partial charge in [-0.2, -0.15) is 0 Å². The number of hydrogen-bond donors (Lipinski definition) is 3. The number of carbonyl (C=O) groups excluding carboxylic acids is 2. The lowest BCUT2D eigenvalue weighted by atomic mass is 10.1. The molecule has 0 radical (unpaired) electrons. The summed E-state index contributed by atoms with van der Waals surface area (Å²) >= 11 is 0. The lowest BCUT2D eigenvalue weighted by Crippen LogP contribution is -2.31. The Kier molecular flexibility index (Phi) is 5.65. The van der Waals surface area contributed by atoms with E-state index in [2.05, 4.69) is 10.6 Å². The zero-order chi connectivity index (χ0) is 16.0. The van der Waals surface area contributed by atoms with Crippen LogP contribution in [0.25, 0.3) is 0 Å². The van der Waals surface area contributed by atoms with Gasteiger partial charge in [-0.1, -0.05) is 13.8 Å². The molecule has 0 saturated carbocycles. The molecule has 1 aromatic rings. The number of amides is 2. The summed E-state index contributed by atoms with van der Waals surface area (Å²) in [6.07, 6.45) is 0. The number of anilines is 1. The molecule has 114 valence electrons. The van der Waals surface area contributed by atoms with Gasteiger partial charge in [0.1, 0.15) is 5.69 Å². The van der Waals surface area contributed by atoms with Crippen molar-refractivity contribution in [1.82, 2.24) is 5.32 Å². The van der Waals surface area contributed by atoms with Crippen LogP contribution in [-0.4, -0.2) is 29.8 Å². The highest BCUT2D eigenvalue weighted by Gasteiger charge is 2.16. The van der Waals surface area contributed by atoms with Gasteiger partial charge in [0.25, 0.3) is 5.69 Å². The number of hydrogen-bond acceptors (Lipinski definition) is 5. The molecule has 4 N–H and O–H groups in total. The standard InChI is InChI=1S/C13H18N4O4/c1-8(2)13(19)16-6-5-15-10-4-3-9(12(14)18)7-11(10)17(20)21/h3-4,7-8,15H,5-6H2,1-2H3,(H2,14,18)(H,16,19). The summed E-state index contributed by atoms with van der Waals surface area (Å²) in [6.45, 7) is 4.22. The highest BCUT2D eigenvalue weighted by Crippen LogP contribution is 2.25. The Morgan fingerprint density at radius 3 is 2.52 bits per heavy atom. The molecule has 8 nitrogen and oxygen atoms in total. The first-order valence-electron chi connectivity index (χ1n) is 6.42. The maximum absolute atomic E-state index is 11.4. The Balaban J connectivity index is 2.68. The van der Waals surface area contributed by atoms with E-state index in [4.69, 9.17) is 5.73 Å². The number of nitro groups is 1. The normalized spacial score (nSPS) is 10.2. The fourth-order valence-electron chi connectivity index (χ4n) is 1.57. The predicted octanol–water partition coefficient (Wildman–Crippen LogP) is 0.878. The van der Waals surface area contributed by atoms with E-state index in [1.165, 1.54) is 12.1 Å². The van der Waals surface area contributed by atoms with Gasteiger partial charge in [0, 0.05) is 30.6 Å². The molecule has 21 heavy (non-hydrogen) atoms. The molecule has 0 atom stereocenters. The topological polar surface area (TPSA) is 127 Å². The number of nitrogens with one attached hydrogen (secondary N) is 2. The third-order valence-electron chi connectivity index (χ3n) is 2.74. The summed E-state index contributed by atoms with van der Waals surface area (Å²) in [5.74, 6) is -0.932. The van der Waals surface area contributed by atoms with Gasteiger partial charge in [0.15, 0.2) is 0 Å². The third kappa shape index (κ3) is 4.75. The zero-order valence-corrected chi connectivity index (χ0v) is 11.9. The van der Waals surface area contributed by atoms with Crippen LogP contribution in [0, 0.1) is 16.0 Å². The van der Waals surface area contributed by atoms with E-state index < -0.39 is 10.8 Å². The summed E-state index contributed by atoms with van der Waals surface area (Å²) < 4.78 is 0. The predicted molar refractivity (Wildman–Crippen MR) is 78.0 cm³/mol.